The molecule has 2 aromatic heterocycles. The zero-order chi connectivity index (χ0) is 10.3. The first-order valence-electron chi connectivity index (χ1n) is 5.43. The second-order valence-electron chi connectivity index (χ2n) is 4.63. The van der Waals surface area contributed by atoms with E-state index in [1.807, 2.05) is 12.3 Å². The van der Waals surface area contributed by atoms with Gasteiger partial charge in [-0.05, 0) is 37.5 Å². The Bertz CT molecular complexity index is 482. The Morgan fingerprint density at radius 2 is 2.40 bits per heavy atom. The summed E-state index contributed by atoms with van der Waals surface area (Å²) in [4.78, 5) is 7.47. The number of pyridine rings is 1. The number of hydrogen-bond donors (Lipinski definition) is 2. The molecule has 2 aromatic rings. The molecule has 1 saturated carbocycles. The molecule has 1 fully saturated rings. The molecule has 0 spiro atoms. The van der Waals surface area contributed by atoms with E-state index in [0.29, 0.717) is 5.54 Å². The Hall–Kier alpha value is -1.35. The zero-order valence-electron chi connectivity index (χ0n) is 8.88. The molecular weight excluding hydrogens is 186 g/mol. The summed E-state index contributed by atoms with van der Waals surface area (Å²) in [5, 5.41) is 4.81. The molecule has 2 N–H and O–H groups in total. The van der Waals surface area contributed by atoms with Crippen LogP contribution in [0.2, 0.25) is 0 Å². The standard InChI is InChI=1S/C12H15N3/c1-12(4-5-12)15-8-9-7-14-11-10(9)3-2-6-13-11/h2-3,6-7,15H,4-5,8H2,1H3,(H,13,14). The van der Waals surface area contributed by atoms with E-state index < -0.39 is 0 Å². The second kappa shape index (κ2) is 3.07. The van der Waals surface area contributed by atoms with Crippen molar-refractivity contribution in [2.24, 2.45) is 0 Å². The average Bonchev–Trinajstić information content (AvgIpc) is 2.86. The van der Waals surface area contributed by atoms with Crippen LogP contribution in [0.3, 0.4) is 0 Å². The molecule has 0 aromatic carbocycles. The highest BCUT2D eigenvalue weighted by Gasteiger charge is 2.36. The molecule has 0 amide bonds. The number of aromatic amines is 1. The van der Waals surface area contributed by atoms with Crippen LogP contribution in [0.4, 0.5) is 0 Å². The molecule has 0 radical (unpaired) electrons. The largest absolute Gasteiger partial charge is 0.346 e. The van der Waals surface area contributed by atoms with E-state index in [0.717, 1.165) is 12.2 Å². The molecular formula is C12H15N3. The van der Waals surface area contributed by atoms with Crippen LogP contribution in [0.1, 0.15) is 25.3 Å². The maximum Gasteiger partial charge on any atom is 0.137 e. The van der Waals surface area contributed by atoms with Crippen molar-refractivity contribution in [2.75, 3.05) is 0 Å². The summed E-state index contributed by atoms with van der Waals surface area (Å²) < 4.78 is 0. The van der Waals surface area contributed by atoms with Gasteiger partial charge in [-0.25, -0.2) is 4.98 Å². The van der Waals surface area contributed by atoms with Crippen LogP contribution in [0.5, 0.6) is 0 Å². The third kappa shape index (κ3) is 1.63. The topological polar surface area (TPSA) is 40.7 Å². The molecule has 0 atom stereocenters. The highest BCUT2D eigenvalue weighted by atomic mass is 15.0. The lowest BCUT2D eigenvalue weighted by Crippen LogP contribution is -2.26. The van der Waals surface area contributed by atoms with E-state index in [9.17, 15) is 0 Å². The van der Waals surface area contributed by atoms with Gasteiger partial charge in [-0.15, -0.1) is 0 Å². The minimum absolute atomic E-state index is 0.395. The zero-order valence-corrected chi connectivity index (χ0v) is 8.88. The number of fused-ring (bicyclic) bond motifs is 1. The van der Waals surface area contributed by atoms with Crippen LogP contribution in [-0.4, -0.2) is 15.5 Å². The Morgan fingerprint density at radius 1 is 1.53 bits per heavy atom. The highest BCUT2D eigenvalue weighted by Crippen LogP contribution is 2.34. The molecule has 0 aliphatic heterocycles. The van der Waals surface area contributed by atoms with Crippen molar-refractivity contribution in [3.8, 4) is 0 Å². The van der Waals surface area contributed by atoms with Gasteiger partial charge in [0.05, 0.1) is 0 Å². The minimum atomic E-state index is 0.395. The Labute approximate surface area is 88.9 Å². The highest BCUT2D eigenvalue weighted by molar-refractivity contribution is 5.79. The van der Waals surface area contributed by atoms with E-state index in [1.54, 1.807) is 0 Å². The molecule has 3 nitrogen and oxygen atoms in total. The smallest absolute Gasteiger partial charge is 0.137 e. The Kier molecular flexibility index (Phi) is 1.83. The number of nitrogens with zero attached hydrogens (tertiary/aromatic N) is 1. The van der Waals surface area contributed by atoms with Crippen molar-refractivity contribution >= 4 is 11.0 Å². The molecule has 0 bridgehead atoms. The molecule has 2 heterocycles. The summed E-state index contributed by atoms with van der Waals surface area (Å²) >= 11 is 0. The lowest BCUT2D eigenvalue weighted by Gasteiger charge is -2.09. The van der Waals surface area contributed by atoms with Gasteiger partial charge in [0.2, 0.25) is 0 Å². The fourth-order valence-corrected chi connectivity index (χ4v) is 1.83. The van der Waals surface area contributed by atoms with E-state index >= 15 is 0 Å². The van der Waals surface area contributed by atoms with Crippen molar-refractivity contribution in [1.82, 2.24) is 15.3 Å². The molecule has 78 valence electrons. The van der Waals surface area contributed by atoms with Crippen molar-refractivity contribution in [3.05, 3.63) is 30.1 Å². The summed E-state index contributed by atoms with van der Waals surface area (Å²) in [6, 6.07) is 4.10. The molecule has 1 aliphatic rings. The number of rotatable bonds is 3. The maximum absolute atomic E-state index is 4.28. The quantitative estimate of drug-likeness (QED) is 0.799. The fraction of sp³-hybridized carbons (Fsp3) is 0.417. The van der Waals surface area contributed by atoms with Gasteiger partial charge in [-0.3, -0.25) is 0 Å². The van der Waals surface area contributed by atoms with Gasteiger partial charge in [0.25, 0.3) is 0 Å². The Balaban J connectivity index is 1.84. The van der Waals surface area contributed by atoms with Gasteiger partial charge < -0.3 is 10.3 Å². The van der Waals surface area contributed by atoms with E-state index in [4.69, 9.17) is 0 Å². The third-order valence-electron chi connectivity index (χ3n) is 3.24. The summed E-state index contributed by atoms with van der Waals surface area (Å²) in [6.07, 6.45) is 6.47. The van der Waals surface area contributed by atoms with Crippen LogP contribution < -0.4 is 5.32 Å². The van der Waals surface area contributed by atoms with Crippen LogP contribution in [0, 0.1) is 0 Å². The van der Waals surface area contributed by atoms with Crippen LogP contribution in [-0.2, 0) is 6.54 Å². The molecule has 0 saturated heterocycles. The van der Waals surface area contributed by atoms with Gasteiger partial charge in [0, 0.05) is 29.9 Å². The van der Waals surface area contributed by atoms with Crippen molar-refractivity contribution in [1.29, 1.82) is 0 Å². The summed E-state index contributed by atoms with van der Waals surface area (Å²) in [7, 11) is 0. The summed E-state index contributed by atoms with van der Waals surface area (Å²) in [6.45, 7) is 3.21. The monoisotopic (exact) mass is 201 g/mol. The minimum Gasteiger partial charge on any atom is -0.346 e. The van der Waals surface area contributed by atoms with Crippen LogP contribution in [0.15, 0.2) is 24.5 Å². The molecule has 3 rings (SSSR count). The lowest BCUT2D eigenvalue weighted by molar-refractivity contribution is 0.539. The predicted octanol–water partition coefficient (Wildman–Crippen LogP) is 2.21. The van der Waals surface area contributed by atoms with Crippen molar-refractivity contribution in [2.45, 2.75) is 31.8 Å². The van der Waals surface area contributed by atoms with Gasteiger partial charge in [-0.1, -0.05) is 0 Å². The fourth-order valence-electron chi connectivity index (χ4n) is 1.83. The van der Waals surface area contributed by atoms with Crippen LogP contribution >= 0.6 is 0 Å². The SMILES string of the molecule is CC1(NCc2c[nH]c3ncccc23)CC1. The molecule has 0 unspecified atom stereocenters. The number of aromatic nitrogens is 2. The average molecular weight is 201 g/mol. The van der Waals surface area contributed by atoms with Crippen LogP contribution in [0.25, 0.3) is 11.0 Å². The van der Waals surface area contributed by atoms with Gasteiger partial charge in [0.1, 0.15) is 5.65 Å². The van der Waals surface area contributed by atoms with Gasteiger partial charge in [0.15, 0.2) is 0 Å². The number of hydrogen-bond acceptors (Lipinski definition) is 2. The first kappa shape index (κ1) is 8.92. The molecule has 15 heavy (non-hydrogen) atoms. The molecule has 1 aliphatic carbocycles. The van der Waals surface area contributed by atoms with Gasteiger partial charge >= 0.3 is 0 Å². The van der Waals surface area contributed by atoms with E-state index in [2.05, 4.69) is 34.5 Å². The van der Waals surface area contributed by atoms with Crippen molar-refractivity contribution < 1.29 is 0 Å². The lowest BCUT2D eigenvalue weighted by atomic mass is 10.2. The first-order chi connectivity index (χ1) is 7.27. The first-order valence-corrected chi connectivity index (χ1v) is 5.43. The summed E-state index contributed by atoms with van der Waals surface area (Å²) in [5.41, 5.74) is 2.69. The van der Waals surface area contributed by atoms with Gasteiger partial charge in [-0.2, -0.15) is 0 Å². The van der Waals surface area contributed by atoms with E-state index in [-0.39, 0.29) is 0 Å². The predicted molar refractivity (Wildman–Crippen MR) is 60.6 cm³/mol. The second-order valence-corrected chi connectivity index (χ2v) is 4.63. The Morgan fingerprint density at radius 3 is 3.20 bits per heavy atom. The number of H-pyrrole nitrogens is 1. The van der Waals surface area contributed by atoms with E-state index in [1.165, 1.54) is 23.8 Å². The molecule has 3 heteroatoms. The number of nitrogens with one attached hydrogen (secondary N) is 2. The summed E-state index contributed by atoms with van der Waals surface area (Å²) in [5.74, 6) is 0. The van der Waals surface area contributed by atoms with Crippen molar-refractivity contribution in [3.63, 3.8) is 0 Å². The third-order valence-corrected chi connectivity index (χ3v) is 3.24. The normalized spacial score (nSPS) is 18.2. The maximum atomic E-state index is 4.28.